The van der Waals surface area contributed by atoms with E-state index in [0.29, 0.717) is 17.9 Å². The molecule has 0 aliphatic carbocycles. The minimum absolute atomic E-state index is 0.223. The topological polar surface area (TPSA) is 32.3 Å². The molecule has 2 fully saturated rings. The van der Waals surface area contributed by atoms with Gasteiger partial charge in [0.05, 0.1) is 5.92 Å². The Hall–Kier alpha value is -0.570. The van der Waals surface area contributed by atoms with E-state index < -0.39 is 0 Å². The lowest BCUT2D eigenvalue weighted by Gasteiger charge is -2.37. The predicted octanol–water partition coefficient (Wildman–Crippen LogP) is 1.49. The van der Waals surface area contributed by atoms with Crippen LogP contribution >= 0.6 is 0 Å². The fourth-order valence-corrected chi connectivity index (χ4v) is 2.89. The van der Waals surface area contributed by atoms with Gasteiger partial charge in [0.1, 0.15) is 0 Å². The molecule has 2 heterocycles. The number of nitrogens with zero attached hydrogens (tertiary/aromatic N) is 1. The predicted molar refractivity (Wildman–Crippen MR) is 65.1 cm³/mol. The van der Waals surface area contributed by atoms with Crippen LogP contribution in [0.25, 0.3) is 0 Å². The maximum absolute atomic E-state index is 12.3. The molecule has 2 rings (SSSR count). The van der Waals surface area contributed by atoms with Gasteiger partial charge in [0, 0.05) is 19.1 Å². The highest BCUT2D eigenvalue weighted by Gasteiger charge is 2.35. The minimum Gasteiger partial charge on any atom is -0.342 e. The van der Waals surface area contributed by atoms with Gasteiger partial charge in [-0.1, -0.05) is 13.8 Å². The Bertz CT molecular complexity index is 267. The molecule has 4 unspecified atom stereocenters. The molecule has 92 valence electrons. The summed E-state index contributed by atoms with van der Waals surface area (Å²) in [5, 5.41) is 3.36. The van der Waals surface area contributed by atoms with Crippen LogP contribution in [-0.2, 0) is 4.79 Å². The molecule has 16 heavy (non-hydrogen) atoms. The Morgan fingerprint density at radius 3 is 2.50 bits per heavy atom. The molecule has 1 amide bonds. The van der Waals surface area contributed by atoms with Crippen LogP contribution in [0, 0.1) is 17.8 Å². The Morgan fingerprint density at radius 1 is 1.19 bits per heavy atom. The Labute approximate surface area is 98.6 Å². The molecule has 2 saturated heterocycles. The summed E-state index contributed by atoms with van der Waals surface area (Å²) in [6, 6.07) is 0.363. The molecule has 2 aliphatic rings. The van der Waals surface area contributed by atoms with Crippen molar-refractivity contribution < 1.29 is 4.79 Å². The maximum atomic E-state index is 12.3. The van der Waals surface area contributed by atoms with E-state index in [-0.39, 0.29) is 5.92 Å². The zero-order chi connectivity index (χ0) is 11.7. The molecule has 0 aromatic rings. The van der Waals surface area contributed by atoms with Gasteiger partial charge in [-0.3, -0.25) is 4.79 Å². The Balaban J connectivity index is 1.95. The highest BCUT2D eigenvalue weighted by molar-refractivity contribution is 5.80. The van der Waals surface area contributed by atoms with E-state index in [0.717, 1.165) is 32.0 Å². The largest absolute Gasteiger partial charge is 0.342 e. The molecule has 2 aliphatic heterocycles. The van der Waals surface area contributed by atoms with E-state index in [9.17, 15) is 4.79 Å². The van der Waals surface area contributed by atoms with E-state index in [1.54, 1.807) is 0 Å². The number of amides is 1. The van der Waals surface area contributed by atoms with Crippen molar-refractivity contribution in [1.82, 2.24) is 10.2 Å². The molecule has 0 aromatic heterocycles. The van der Waals surface area contributed by atoms with Crippen molar-refractivity contribution in [3.05, 3.63) is 0 Å². The molecule has 0 radical (unpaired) electrons. The van der Waals surface area contributed by atoms with Crippen molar-refractivity contribution in [3.63, 3.8) is 0 Å². The van der Waals surface area contributed by atoms with Gasteiger partial charge in [-0.15, -0.1) is 0 Å². The monoisotopic (exact) mass is 224 g/mol. The number of hydrogen-bond donors (Lipinski definition) is 1. The third kappa shape index (κ3) is 2.24. The average molecular weight is 224 g/mol. The van der Waals surface area contributed by atoms with Crippen LogP contribution in [0.4, 0.5) is 0 Å². The molecule has 1 N–H and O–H groups in total. The van der Waals surface area contributed by atoms with E-state index in [2.05, 4.69) is 31.0 Å². The second-order valence-electron chi connectivity index (χ2n) is 5.67. The zero-order valence-corrected chi connectivity index (χ0v) is 10.7. The smallest absolute Gasteiger partial charge is 0.227 e. The molecule has 3 heteroatoms. The third-order valence-corrected chi connectivity index (χ3v) is 4.49. The first-order chi connectivity index (χ1) is 7.59. The molecule has 4 atom stereocenters. The summed E-state index contributed by atoms with van der Waals surface area (Å²) in [5.74, 6) is 2.03. The Kier molecular flexibility index (Phi) is 3.53. The van der Waals surface area contributed by atoms with Crippen LogP contribution in [0.3, 0.4) is 0 Å². The van der Waals surface area contributed by atoms with Gasteiger partial charge >= 0.3 is 0 Å². The normalized spacial score (nSPS) is 40.1. The molecule has 0 aromatic carbocycles. The molecule has 0 bridgehead atoms. The number of carbonyl (C=O) groups excluding carboxylic acids is 1. The van der Waals surface area contributed by atoms with Crippen molar-refractivity contribution in [2.24, 2.45) is 17.8 Å². The second-order valence-corrected chi connectivity index (χ2v) is 5.67. The molecular weight excluding hydrogens is 200 g/mol. The lowest BCUT2D eigenvalue weighted by Crippen LogP contribution is -2.46. The van der Waals surface area contributed by atoms with Crippen LogP contribution in [-0.4, -0.2) is 36.5 Å². The van der Waals surface area contributed by atoms with Crippen molar-refractivity contribution >= 4 is 5.91 Å². The van der Waals surface area contributed by atoms with Crippen molar-refractivity contribution in [3.8, 4) is 0 Å². The molecule has 0 spiro atoms. The van der Waals surface area contributed by atoms with Gasteiger partial charge in [0.2, 0.25) is 5.91 Å². The first-order valence-electron chi connectivity index (χ1n) is 6.61. The summed E-state index contributed by atoms with van der Waals surface area (Å²) in [7, 11) is 0. The summed E-state index contributed by atoms with van der Waals surface area (Å²) >= 11 is 0. The minimum atomic E-state index is 0.223. The van der Waals surface area contributed by atoms with Gasteiger partial charge in [-0.2, -0.15) is 0 Å². The summed E-state index contributed by atoms with van der Waals surface area (Å²) in [5.41, 5.74) is 0. The van der Waals surface area contributed by atoms with E-state index in [1.807, 2.05) is 0 Å². The number of nitrogens with one attached hydrogen (secondary N) is 1. The van der Waals surface area contributed by atoms with E-state index in [1.165, 1.54) is 6.42 Å². The second kappa shape index (κ2) is 4.74. The van der Waals surface area contributed by atoms with Crippen molar-refractivity contribution in [2.45, 2.75) is 39.7 Å². The third-order valence-electron chi connectivity index (χ3n) is 4.49. The summed E-state index contributed by atoms with van der Waals surface area (Å²) in [6.45, 7) is 9.62. The highest BCUT2D eigenvalue weighted by atomic mass is 16.2. The highest BCUT2D eigenvalue weighted by Crippen LogP contribution is 2.26. The standard InChI is InChI=1S/C13H24N2O/c1-9-5-7-15(8-10(9)2)13(16)12-4-6-14-11(12)3/h9-12,14H,4-8H2,1-3H3. The fraction of sp³-hybridized carbons (Fsp3) is 0.923. The quantitative estimate of drug-likeness (QED) is 0.732. The lowest BCUT2D eigenvalue weighted by atomic mass is 9.87. The first kappa shape index (κ1) is 11.9. The number of hydrogen-bond acceptors (Lipinski definition) is 2. The molecule has 3 nitrogen and oxygen atoms in total. The Morgan fingerprint density at radius 2 is 1.94 bits per heavy atom. The van der Waals surface area contributed by atoms with Crippen LogP contribution in [0.5, 0.6) is 0 Å². The van der Waals surface area contributed by atoms with Gasteiger partial charge in [0.25, 0.3) is 0 Å². The number of likely N-dealkylation sites (tertiary alicyclic amines) is 1. The number of rotatable bonds is 1. The van der Waals surface area contributed by atoms with Gasteiger partial charge in [-0.25, -0.2) is 0 Å². The van der Waals surface area contributed by atoms with Crippen molar-refractivity contribution in [2.75, 3.05) is 19.6 Å². The zero-order valence-electron chi connectivity index (χ0n) is 10.7. The van der Waals surface area contributed by atoms with Gasteiger partial charge in [0.15, 0.2) is 0 Å². The van der Waals surface area contributed by atoms with E-state index >= 15 is 0 Å². The molecular formula is C13H24N2O. The van der Waals surface area contributed by atoms with Crippen LogP contribution < -0.4 is 5.32 Å². The lowest BCUT2D eigenvalue weighted by molar-refractivity contribution is -0.138. The summed E-state index contributed by atoms with van der Waals surface area (Å²) < 4.78 is 0. The number of carbonyl (C=O) groups is 1. The molecule has 0 saturated carbocycles. The summed E-state index contributed by atoms with van der Waals surface area (Å²) in [4.78, 5) is 14.4. The summed E-state index contributed by atoms with van der Waals surface area (Å²) in [6.07, 6.45) is 2.18. The van der Waals surface area contributed by atoms with E-state index in [4.69, 9.17) is 0 Å². The average Bonchev–Trinajstić information content (AvgIpc) is 2.67. The van der Waals surface area contributed by atoms with Crippen molar-refractivity contribution in [1.29, 1.82) is 0 Å². The fourth-order valence-electron chi connectivity index (χ4n) is 2.89. The van der Waals surface area contributed by atoms with Crippen LogP contribution in [0.2, 0.25) is 0 Å². The SMILES string of the molecule is CC1CCN(C(=O)C2CCNC2C)CC1C. The number of piperidine rings is 1. The van der Waals surface area contributed by atoms with Gasteiger partial charge < -0.3 is 10.2 Å². The van der Waals surface area contributed by atoms with Gasteiger partial charge in [-0.05, 0) is 38.1 Å². The van der Waals surface area contributed by atoms with Crippen LogP contribution in [0.15, 0.2) is 0 Å². The first-order valence-corrected chi connectivity index (χ1v) is 6.61. The maximum Gasteiger partial charge on any atom is 0.227 e. The van der Waals surface area contributed by atoms with Crippen LogP contribution in [0.1, 0.15) is 33.6 Å².